The Balaban J connectivity index is 2.69. The normalized spacial score (nSPS) is 11.0. The molecule has 0 aliphatic heterocycles. The van der Waals surface area contributed by atoms with Crippen molar-refractivity contribution in [3.05, 3.63) is 46.1 Å². The third kappa shape index (κ3) is 3.19. The quantitative estimate of drug-likeness (QED) is 0.868. The van der Waals surface area contributed by atoms with E-state index in [9.17, 15) is 9.18 Å². The lowest BCUT2D eigenvalue weighted by molar-refractivity contribution is 0.0696. The number of halogens is 2. The predicted molar refractivity (Wildman–Crippen MR) is 78.2 cm³/mol. The van der Waals surface area contributed by atoms with Crippen molar-refractivity contribution in [3.63, 3.8) is 0 Å². The lowest BCUT2D eigenvalue weighted by Crippen LogP contribution is -2.04. The Morgan fingerprint density at radius 1 is 1.29 bits per heavy atom. The molecule has 1 aromatic heterocycles. The fourth-order valence-electron chi connectivity index (χ4n) is 1.89. The molecule has 0 spiro atoms. The molecule has 0 radical (unpaired) electrons. The maximum Gasteiger partial charge on any atom is 0.335 e. The number of carboxylic acids is 1. The molecule has 0 unspecified atom stereocenters. The van der Waals surface area contributed by atoms with Crippen LogP contribution in [0.15, 0.2) is 18.2 Å². The molecule has 0 saturated heterocycles. The first kappa shape index (κ1) is 15.4. The molecule has 0 atom stereocenters. The van der Waals surface area contributed by atoms with Gasteiger partial charge in [0.25, 0.3) is 0 Å². The third-order valence-corrected chi connectivity index (χ3v) is 3.41. The standard InChI is InChI=1S/C15H14ClFN2O2/c1-7(2)14-18-12(8(3)13(16)19-14)9-4-10(15(20)21)6-11(17)5-9/h4-7H,1-3H3,(H,20,21). The number of rotatable bonds is 3. The van der Waals surface area contributed by atoms with Crippen LogP contribution in [0.3, 0.4) is 0 Å². The maximum absolute atomic E-state index is 13.6. The van der Waals surface area contributed by atoms with Gasteiger partial charge in [0, 0.05) is 17.0 Å². The highest BCUT2D eigenvalue weighted by Gasteiger charge is 2.16. The van der Waals surface area contributed by atoms with Crippen molar-refractivity contribution in [2.45, 2.75) is 26.7 Å². The third-order valence-electron chi connectivity index (χ3n) is 3.04. The first-order chi connectivity index (χ1) is 9.79. The Hall–Kier alpha value is -2.01. The van der Waals surface area contributed by atoms with Crippen LogP contribution in [0.1, 0.15) is 41.5 Å². The Morgan fingerprint density at radius 3 is 2.52 bits per heavy atom. The zero-order valence-corrected chi connectivity index (χ0v) is 12.6. The summed E-state index contributed by atoms with van der Waals surface area (Å²) in [6.07, 6.45) is 0. The molecule has 6 heteroatoms. The summed E-state index contributed by atoms with van der Waals surface area (Å²) in [6.45, 7) is 5.55. The van der Waals surface area contributed by atoms with Crippen molar-refractivity contribution in [1.29, 1.82) is 0 Å². The van der Waals surface area contributed by atoms with Crippen LogP contribution in [-0.4, -0.2) is 21.0 Å². The molecule has 0 bridgehead atoms. The van der Waals surface area contributed by atoms with Crippen molar-refractivity contribution in [3.8, 4) is 11.3 Å². The van der Waals surface area contributed by atoms with Gasteiger partial charge in [0.2, 0.25) is 0 Å². The van der Waals surface area contributed by atoms with E-state index in [1.165, 1.54) is 12.1 Å². The average Bonchev–Trinajstić information content (AvgIpc) is 2.40. The van der Waals surface area contributed by atoms with E-state index >= 15 is 0 Å². The number of hydrogen-bond donors (Lipinski definition) is 1. The number of aromatic nitrogens is 2. The highest BCUT2D eigenvalue weighted by atomic mass is 35.5. The van der Waals surface area contributed by atoms with Crippen molar-refractivity contribution in [2.75, 3.05) is 0 Å². The minimum Gasteiger partial charge on any atom is -0.478 e. The van der Waals surface area contributed by atoms with Crippen LogP contribution < -0.4 is 0 Å². The van der Waals surface area contributed by atoms with E-state index < -0.39 is 11.8 Å². The van der Waals surface area contributed by atoms with Gasteiger partial charge in [-0.2, -0.15) is 0 Å². The van der Waals surface area contributed by atoms with Gasteiger partial charge in [0.15, 0.2) is 0 Å². The largest absolute Gasteiger partial charge is 0.478 e. The van der Waals surface area contributed by atoms with Crippen molar-refractivity contribution < 1.29 is 14.3 Å². The van der Waals surface area contributed by atoms with Crippen LogP contribution in [0.2, 0.25) is 5.15 Å². The average molecular weight is 309 g/mol. The molecule has 0 aliphatic carbocycles. The molecule has 21 heavy (non-hydrogen) atoms. The van der Waals surface area contributed by atoms with Crippen molar-refractivity contribution in [2.24, 2.45) is 0 Å². The number of nitrogens with zero attached hydrogens (tertiary/aromatic N) is 2. The molecule has 0 saturated carbocycles. The number of hydrogen-bond acceptors (Lipinski definition) is 3. The summed E-state index contributed by atoms with van der Waals surface area (Å²) in [7, 11) is 0. The summed E-state index contributed by atoms with van der Waals surface area (Å²) < 4.78 is 13.6. The zero-order chi connectivity index (χ0) is 15.7. The van der Waals surface area contributed by atoms with Crippen LogP contribution in [0.25, 0.3) is 11.3 Å². The lowest BCUT2D eigenvalue weighted by atomic mass is 10.0. The van der Waals surface area contributed by atoms with Gasteiger partial charge in [-0.3, -0.25) is 0 Å². The van der Waals surface area contributed by atoms with Gasteiger partial charge in [0.05, 0.1) is 11.3 Å². The Morgan fingerprint density at radius 2 is 1.95 bits per heavy atom. The van der Waals surface area contributed by atoms with E-state index in [-0.39, 0.29) is 16.6 Å². The van der Waals surface area contributed by atoms with Gasteiger partial charge in [-0.1, -0.05) is 25.4 Å². The summed E-state index contributed by atoms with van der Waals surface area (Å²) in [5.74, 6) is -1.25. The van der Waals surface area contributed by atoms with E-state index in [1.54, 1.807) is 6.92 Å². The molecule has 0 fully saturated rings. The monoisotopic (exact) mass is 308 g/mol. The van der Waals surface area contributed by atoms with Gasteiger partial charge in [0.1, 0.15) is 16.8 Å². The summed E-state index contributed by atoms with van der Waals surface area (Å²) >= 11 is 6.09. The van der Waals surface area contributed by atoms with E-state index in [4.69, 9.17) is 16.7 Å². The highest BCUT2D eigenvalue weighted by molar-refractivity contribution is 6.30. The molecular formula is C15H14ClFN2O2. The number of carbonyl (C=O) groups is 1. The molecule has 1 heterocycles. The van der Waals surface area contributed by atoms with Gasteiger partial charge in [-0.15, -0.1) is 0 Å². The van der Waals surface area contributed by atoms with Crippen LogP contribution in [0.5, 0.6) is 0 Å². The van der Waals surface area contributed by atoms with Gasteiger partial charge in [-0.25, -0.2) is 19.2 Å². The summed E-state index contributed by atoms with van der Waals surface area (Å²) in [6, 6.07) is 3.58. The molecule has 2 aromatic rings. The van der Waals surface area contributed by atoms with Crippen molar-refractivity contribution >= 4 is 17.6 Å². The van der Waals surface area contributed by atoms with Crippen LogP contribution in [0, 0.1) is 12.7 Å². The van der Waals surface area contributed by atoms with Gasteiger partial charge < -0.3 is 5.11 Å². The highest BCUT2D eigenvalue weighted by Crippen LogP contribution is 2.28. The SMILES string of the molecule is Cc1c(Cl)nc(C(C)C)nc1-c1cc(F)cc(C(=O)O)c1. The Bertz CT molecular complexity index is 717. The summed E-state index contributed by atoms with van der Waals surface area (Å²) in [5.41, 5.74) is 1.27. The maximum atomic E-state index is 13.6. The Labute approximate surface area is 126 Å². The second-order valence-corrected chi connectivity index (χ2v) is 5.39. The summed E-state index contributed by atoms with van der Waals surface area (Å²) in [5, 5.41) is 9.30. The first-order valence-electron chi connectivity index (χ1n) is 6.38. The number of carboxylic acid groups (broad SMARTS) is 1. The van der Waals surface area contributed by atoms with E-state index in [0.717, 1.165) is 6.07 Å². The summed E-state index contributed by atoms with van der Waals surface area (Å²) in [4.78, 5) is 19.6. The molecule has 1 N–H and O–H groups in total. The predicted octanol–water partition coefficient (Wildman–Crippen LogP) is 4.07. The molecular weight excluding hydrogens is 295 g/mol. The van der Waals surface area contributed by atoms with Crippen LogP contribution in [-0.2, 0) is 0 Å². The van der Waals surface area contributed by atoms with Crippen LogP contribution in [0.4, 0.5) is 4.39 Å². The molecule has 0 aliphatic rings. The second kappa shape index (κ2) is 5.77. The number of aromatic carboxylic acids is 1. The van der Waals surface area contributed by atoms with E-state index in [1.807, 2.05) is 13.8 Å². The first-order valence-corrected chi connectivity index (χ1v) is 6.75. The molecule has 0 amide bonds. The van der Waals surface area contributed by atoms with Gasteiger partial charge >= 0.3 is 5.97 Å². The molecule has 110 valence electrons. The second-order valence-electron chi connectivity index (χ2n) is 5.03. The van der Waals surface area contributed by atoms with Crippen molar-refractivity contribution in [1.82, 2.24) is 9.97 Å². The van der Waals surface area contributed by atoms with Gasteiger partial charge in [-0.05, 0) is 25.1 Å². The zero-order valence-electron chi connectivity index (χ0n) is 11.8. The van der Waals surface area contributed by atoms with E-state index in [0.29, 0.717) is 22.6 Å². The molecule has 1 aromatic carbocycles. The molecule has 4 nitrogen and oxygen atoms in total. The molecule has 2 rings (SSSR count). The van der Waals surface area contributed by atoms with Crippen LogP contribution >= 0.6 is 11.6 Å². The lowest BCUT2D eigenvalue weighted by Gasteiger charge is -2.12. The Kier molecular flexibility index (Phi) is 4.23. The minimum absolute atomic E-state index is 0.0503. The smallest absolute Gasteiger partial charge is 0.335 e. The minimum atomic E-state index is -1.20. The number of benzene rings is 1. The fourth-order valence-corrected chi connectivity index (χ4v) is 2.07. The topological polar surface area (TPSA) is 63.1 Å². The fraction of sp³-hybridized carbons (Fsp3) is 0.267. The van der Waals surface area contributed by atoms with E-state index in [2.05, 4.69) is 9.97 Å².